The summed E-state index contributed by atoms with van der Waals surface area (Å²) < 4.78 is 10.7. The molecular weight excluding hydrogens is 388 g/mol. The van der Waals surface area contributed by atoms with Gasteiger partial charge in [0.1, 0.15) is 5.75 Å². The van der Waals surface area contributed by atoms with E-state index >= 15 is 0 Å². The molecule has 2 N–H and O–H groups in total. The average Bonchev–Trinajstić information content (AvgIpc) is 3.29. The zero-order valence-corrected chi connectivity index (χ0v) is 19.8. The summed E-state index contributed by atoms with van der Waals surface area (Å²) in [7, 11) is 3.52. The number of benzene rings is 1. The van der Waals surface area contributed by atoms with Gasteiger partial charge in [0.2, 0.25) is 0 Å². The van der Waals surface area contributed by atoms with E-state index < -0.39 is 0 Å². The Morgan fingerprint density at radius 3 is 2.65 bits per heavy atom. The van der Waals surface area contributed by atoms with Gasteiger partial charge in [-0.05, 0) is 56.7 Å². The third kappa shape index (κ3) is 6.84. The third-order valence-corrected chi connectivity index (χ3v) is 6.88. The van der Waals surface area contributed by atoms with Crippen LogP contribution < -0.4 is 15.4 Å². The molecule has 0 radical (unpaired) electrons. The lowest BCUT2D eigenvalue weighted by molar-refractivity contribution is 0.155. The fourth-order valence-electron chi connectivity index (χ4n) is 5.02. The predicted octanol–water partition coefficient (Wildman–Crippen LogP) is 3.56. The highest BCUT2D eigenvalue weighted by Crippen LogP contribution is 2.42. The SMILES string of the molecule is CCNC(=NCC1(c2cccc(OC)c2)CCCC1)NC1CCN(CCCOC)CC1. The monoisotopic (exact) mass is 430 g/mol. The van der Waals surface area contributed by atoms with Gasteiger partial charge < -0.3 is 25.0 Å². The molecule has 2 fully saturated rings. The van der Waals surface area contributed by atoms with Crippen molar-refractivity contribution in [3.05, 3.63) is 29.8 Å². The Hall–Kier alpha value is -1.79. The molecule has 1 aromatic rings. The first-order valence-electron chi connectivity index (χ1n) is 12.1. The molecule has 31 heavy (non-hydrogen) atoms. The first-order valence-corrected chi connectivity index (χ1v) is 12.1. The van der Waals surface area contributed by atoms with E-state index in [1.807, 2.05) is 6.07 Å². The van der Waals surface area contributed by atoms with Crippen molar-refractivity contribution in [1.29, 1.82) is 0 Å². The largest absolute Gasteiger partial charge is 0.497 e. The lowest BCUT2D eigenvalue weighted by atomic mass is 9.79. The summed E-state index contributed by atoms with van der Waals surface area (Å²) in [6, 6.07) is 9.10. The molecule has 174 valence electrons. The zero-order valence-electron chi connectivity index (χ0n) is 19.8. The quantitative estimate of drug-likeness (QED) is 0.338. The highest BCUT2D eigenvalue weighted by Gasteiger charge is 2.36. The molecule has 0 atom stereocenters. The van der Waals surface area contributed by atoms with Gasteiger partial charge in [0.05, 0.1) is 13.7 Å². The minimum absolute atomic E-state index is 0.127. The molecule has 2 aliphatic rings. The van der Waals surface area contributed by atoms with E-state index in [0.29, 0.717) is 6.04 Å². The van der Waals surface area contributed by atoms with Crippen LogP contribution in [0.4, 0.5) is 0 Å². The van der Waals surface area contributed by atoms with Crippen molar-refractivity contribution in [2.75, 3.05) is 53.6 Å². The second kappa shape index (κ2) is 12.3. The highest BCUT2D eigenvalue weighted by molar-refractivity contribution is 5.80. The minimum atomic E-state index is 0.127. The molecule has 1 saturated heterocycles. The van der Waals surface area contributed by atoms with Crippen LogP contribution in [-0.2, 0) is 10.2 Å². The fraction of sp³-hybridized carbons (Fsp3) is 0.720. The van der Waals surface area contributed by atoms with E-state index in [4.69, 9.17) is 14.5 Å². The van der Waals surface area contributed by atoms with Crippen LogP contribution in [0.5, 0.6) is 5.75 Å². The smallest absolute Gasteiger partial charge is 0.191 e. The molecule has 6 nitrogen and oxygen atoms in total. The molecule has 0 spiro atoms. The number of methoxy groups -OCH3 is 2. The lowest BCUT2D eigenvalue weighted by Crippen LogP contribution is -2.49. The van der Waals surface area contributed by atoms with E-state index in [9.17, 15) is 0 Å². The first kappa shape index (κ1) is 23.9. The summed E-state index contributed by atoms with van der Waals surface area (Å²) in [6.07, 6.45) is 8.39. The first-order chi connectivity index (χ1) is 15.2. The van der Waals surface area contributed by atoms with Gasteiger partial charge in [0, 0.05) is 51.4 Å². The molecule has 3 rings (SSSR count). The number of nitrogens with one attached hydrogen (secondary N) is 2. The van der Waals surface area contributed by atoms with Crippen molar-refractivity contribution in [3.8, 4) is 5.75 Å². The maximum Gasteiger partial charge on any atom is 0.191 e. The molecule has 0 aromatic heterocycles. The minimum Gasteiger partial charge on any atom is -0.497 e. The molecule has 1 aromatic carbocycles. The van der Waals surface area contributed by atoms with Crippen molar-refractivity contribution in [3.63, 3.8) is 0 Å². The van der Waals surface area contributed by atoms with Crippen LogP contribution in [0.15, 0.2) is 29.3 Å². The zero-order chi connectivity index (χ0) is 21.9. The topological polar surface area (TPSA) is 58.1 Å². The summed E-state index contributed by atoms with van der Waals surface area (Å²) >= 11 is 0. The van der Waals surface area contributed by atoms with E-state index in [-0.39, 0.29) is 5.41 Å². The molecule has 0 amide bonds. The number of hydrogen-bond donors (Lipinski definition) is 2. The molecule has 1 heterocycles. The summed E-state index contributed by atoms with van der Waals surface area (Å²) in [5, 5.41) is 7.20. The summed E-state index contributed by atoms with van der Waals surface area (Å²) in [6.45, 7) is 8.13. The maximum atomic E-state index is 5.49. The van der Waals surface area contributed by atoms with Crippen LogP contribution >= 0.6 is 0 Å². The van der Waals surface area contributed by atoms with Crippen LogP contribution in [-0.4, -0.2) is 70.5 Å². The van der Waals surface area contributed by atoms with Gasteiger partial charge in [-0.1, -0.05) is 25.0 Å². The van der Waals surface area contributed by atoms with E-state index in [1.165, 1.54) is 44.1 Å². The molecule has 1 aliphatic carbocycles. The van der Waals surface area contributed by atoms with Gasteiger partial charge in [0.15, 0.2) is 5.96 Å². The van der Waals surface area contributed by atoms with Gasteiger partial charge >= 0.3 is 0 Å². The van der Waals surface area contributed by atoms with Crippen LogP contribution in [0.1, 0.15) is 57.4 Å². The van der Waals surface area contributed by atoms with Crippen molar-refractivity contribution >= 4 is 5.96 Å². The number of likely N-dealkylation sites (tertiary alicyclic amines) is 1. The van der Waals surface area contributed by atoms with Gasteiger partial charge in [-0.15, -0.1) is 0 Å². The van der Waals surface area contributed by atoms with Crippen LogP contribution in [0.2, 0.25) is 0 Å². The van der Waals surface area contributed by atoms with Gasteiger partial charge in [-0.3, -0.25) is 4.99 Å². The molecule has 0 bridgehead atoms. The second-order valence-electron chi connectivity index (χ2n) is 9.02. The summed E-state index contributed by atoms with van der Waals surface area (Å²) in [4.78, 5) is 7.65. The summed E-state index contributed by atoms with van der Waals surface area (Å²) in [5.74, 6) is 1.91. The van der Waals surface area contributed by atoms with E-state index in [1.54, 1.807) is 14.2 Å². The molecule has 0 unspecified atom stereocenters. The number of hydrogen-bond acceptors (Lipinski definition) is 4. The van der Waals surface area contributed by atoms with Crippen molar-refractivity contribution in [2.45, 2.75) is 63.3 Å². The maximum absolute atomic E-state index is 5.49. The Labute approximate surface area is 188 Å². The average molecular weight is 431 g/mol. The number of nitrogens with zero attached hydrogens (tertiary/aromatic N) is 2. The van der Waals surface area contributed by atoms with E-state index in [0.717, 1.165) is 57.5 Å². The number of aliphatic imine (C=N–C) groups is 1. The molecule has 1 aliphatic heterocycles. The fourth-order valence-corrected chi connectivity index (χ4v) is 5.02. The Morgan fingerprint density at radius 2 is 1.97 bits per heavy atom. The second-order valence-corrected chi connectivity index (χ2v) is 9.02. The van der Waals surface area contributed by atoms with Crippen molar-refractivity contribution < 1.29 is 9.47 Å². The predicted molar refractivity (Wildman–Crippen MR) is 128 cm³/mol. The number of piperidine rings is 1. The Bertz CT molecular complexity index is 680. The van der Waals surface area contributed by atoms with E-state index in [2.05, 4.69) is 40.7 Å². The standard InChI is InChI=1S/C25H42N4O2/c1-4-26-24(28-22-11-16-29(17-12-22)15-8-18-30-2)27-20-25(13-5-6-14-25)21-9-7-10-23(19-21)31-3/h7,9-10,19,22H,4-6,8,11-18,20H2,1-3H3,(H2,26,27,28). The van der Waals surface area contributed by atoms with Crippen LogP contribution in [0, 0.1) is 0 Å². The molecular formula is C25H42N4O2. The lowest BCUT2D eigenvalue weighted by Gasteiger charge is -2.33. The van der Waals surface area contributed by atoms with Gasteiger partial charge in [0.25, 0.3) is 0 Å². The van der Waals surface area contributed by atoms with Crippen LogP contribution in [0.3, 0.4) is 0 Å². The van der Waals surface area contributed by atoms with Crippen molar-refractivity contribution in [1.82, 2.24) is 15.5 Å². The molecule has 6 heteroatoms. The van der Waals surface area contributed by atoms with Gasteiger partial charge in [-0.2, -0.15) is 0 Å². The number of guanidine groups is 1. The Morgan fingerprint density at radius 1 is 1.19 bits per heavy atom. The normalized spacial score (nSPS) is 20.0. The highest BCUT2D eigenvalue weighted by atomic mass is 16.5. The Balaban J connectivity index is 1.60. The molecule has 1 saturated carbocycles. The third-order valence-electron chi connectivity index (χ3n) is 6.88. The Kier molecular flexibility index (Phi) is 9.47. The number of rotatable bonds is 10. The van der Waals surface area contributed by atoms with Gasteiger partial charge in [-0.25, -0.2) is 0 Å². The van der Waals surface area contributed by atoms with Crippen LogP contribution in [0.25, 0.3) is 0 Å². The number of ether oxygens (including phenoxy) is 2. The summed E-state index contributed by atoms with van der Waals surface area (Å²) in [5.41, 5.74) is 1.50. The van der Waals surface area contributed by atoms with Crippen molar-refractivity contribution in [2.24, 2.45) is 4.99 Å².